The molecule has 1 heterocycles. The Hall–Kier alpha value is -2.54. The normalized spacial score (nSPS) is 13.2. The number of benzene rings is 3. The average Bonchev–Trinajstić information content (AvgIpc) is 3.15. The molecule has 0 radical (unpaired) electrons. The highest BCUT2D eigenvalue weighted by Crippen LogP contribution is 2.37. The molecule has 0 aliphatic heterocycles. The van der Waals surface area contributed by atoms with E-state index in [9.17, 15) is 0 Å². The minimum Gasteiger partial charge on any atom is -0.309 e. The molecule has 4 rings (SSSR count). The van der Waals surface area contributed by atoms with E-state index in [2.05, 4.69) is 107 Å². The lowest BCUT2D eigenvalue weighted by molar-refractivity contribution is 0.473. The second kappa shape index (κ2) is 9.75. The highest BCUT2D eigenvalue weighted by molar-refractivity contribution is 6.09. The van der Waals surface area contributed by atoms with Crippen LogP contribution in [0.2, 0.25) is 0 Å². The molecule has 174 valence electrons. The SMILES string of the molecule is CCCCc1ccc2c(c1)c1cc(C(C)(C)CCC)ccc1n2-c1ccc(C(C)CC)cc1. The van der Waals surface area contributed by atoms with E-state index in [0.29, 0.717) is 5.92 Å². The molecule has 0 bridgehead atoms. The third-order valence-corrected chi connectivity index (χ3v) is 7.64. The lowest BCUT2D eigenvalue weighted by atomic mass is 9.80. The highest BCUT2D eigenvalue weighted by atomic mass is 15.0. The monoisotopic (exact) mass is 439 g/mol. The van der Waals surface area contributed by atoms with Gasteiger partial charge in [-0.05, 0) is 90.1 Å². The van der Waals surface area contributed by atoms with E-state index in [1.54, 1.807) is 0 Å². The first-order valence-corrected chi connectivity index (χ1v) is 13.1. The van der Waals surface area contributed by atoms with Gasteiger partial charge in [0.15, 0.2) is 0 Å². The van der Waals surface area contributed by atoms with Gasteiger partial charge in [-0.2, -0.15) is 0 Å². The van der Waals surface area contributed by atoms with Crippen molar-refractivity contribution in [1.82, 2.24) is 4.57 Å². The Morgan fingerprint density at radius 1 is 0.788 bits per heavy atom. The summed E-state index contributed by atoms with van der Waals surface area (Å²) >= 11 is 0. The number of hydrogen-bond acceptors (Lipinski definition) is 0. The molecule has 1 aromatic heterocycles. The van der Waals surface area contributed by atoms with Gasteiger partial charge in [0.2, 0.25) is 0 Å². The lowest BCUT2D eigenvalue weighted by Crippen LogP contribution is -2.16. The molecule has 1 unspecified atom stereocenters. The molecule has 0 N–H and O–H groups in total. The highest BCUT2D eigenvalue weighted by Gasteiger charge is 2.22. The van der Waals surface area contributed by atoms with Gasteiger partial charge in [0, 0.05) is 16.5 Å². The summed E-state index contributed by atoms with van der Waals surface area (Å²) in [6, 6.07) is 23.6. The van der Waals surface area contributed by atoms with Crippen molar-refractivity contribution in [2.45, 2.75) is 91.4 Å². The molecule has 33 heavy (non-hydrogen) atoms. The Balaban J connectivity index is 1.93. The number of aryl methyl sites for hydroxylation is 1. The zero-order valence-corrected chi connectivity index (χ0v) is 21.5. The fraction of sp³-hybridized carbons (Fsp3) is 0.438. The van der Waals surface area contributed by atoms with Crippen LogP contribution in [0.5, 0.6) is 0 Å². The molecular weight excluding hydrogens is 398 g/mol. The topological polar surface area (TPSA) is 4.93 Å². The molecule has 0 fully saturated rings. The number of rotatable bonds is 9. The van der Waals surface area contributed by atoms with E-state index in [1.807, 2.05) is 0 Å². The van der Waals surface area contributed by atoms with Crippen molar-refractivity contribution in [2.75, 3.05) is 0 Å². The summed E-state index contributed by atoms with van der Waals surface area (Å²) in [6.07, 6.45) is 7.22. The van der Waals surface area contributed by atoms with Crippen LogP contribution in [-0.2, 0) is 11.8 Å². The first-order valence-electron chi connectivity index (χ1n) is 13.1. The molecule has 0 amide bonds. The molecule has 1 nitrogen and oxygen atoms in total. The molecular formula is C32H41N. The van der Waals surface area contributed by atoms with Gasteiger partial charge in [-0.1, -0.05) is 78.6 Å². The summed E-state index contributed by atoms with van der Waals surface area (Å²) in [4.78, 5) is 0. The molecule has 4 aromatic rings. The van der Waals surface area contributed by atoms with Gasteiger partial charge >= 0.3 is 0 Å². The minimum atomic E-state index is 0.190. The summed E-state index contributed by atoms with van der Waals surface area (Å²) in [5.41, 5.74) is 8.39. The maximum atomic E-state index is 2.47. The summed E-state index contributed by atoms with van der Waals surface area (Å²) in [7, 11) is 0. The maximum Gasteiger partial charge on any atom is 0.0541 e. The molecule has 1 atom stereocenters. The molecule has 0 saturated carbocycles. The van der Waals surface area contributed by atoms with Crippen LogP contribution in [0.25, 0.3) is 27.5 Å². The van der Waals surface area contributed by atoms with Gasteiger partial charge in [-0.25, -0.2) is 0 Å². The Labute approximate surface area is 200 Å². The Morgan fingerprint density at radius 2 is 1.45 bits per heavy atom. The number of hydrogen-bond donors (Lipinski definition) is 0. The zero-order valence-electron chi connectivity index (χ0n) is 21.5. The largest absolute Gasteiger partial charge is 0.309 e. The van der Waals surface area contributed by atoms with Crippen LogP contribution < -0.4 is 0 Å². The van der Waals surface area contributed by atoms with Crippen molar-refractivity contribution < 1.29 is 0 Å². The number of unbranched alkanes of at least 4 members (excludes halogenated alkanes) is 1. The van der Waals surface area contributed by atoms with E-state index in [4.69, 9.17) is 0 Å². The van der Waals surface area contributed by atoms with E-state index in [1.165, 1.54) is 76.3 Å². The maximum absolute atomic E-state index is 2.47. The van der Waals surface area contributed by atoms with Gasteiger partial charge in [0.05, 0.1) is 11.0 Å². The van der Waals surface area contributed by atoms with Crippen LogP contribution in [0, 0.1) is 0 Å². The van der Waals surface area contributed by atoms with Crippen LogP contribution in [-0.4, -0.2) is 4.57 Å². The second-order valence-corrected chi connectivity index (χ2v) is 10.6. The summed E-state index contributed by atoms with van der Waals surface area (Å²) in [5, 5.41) is 2.77. The zero-order chi connectivity index (χ0) is 23.6. The van der Waals surface area contributed by atoms with E-state index in [0.717, 1.165) is 6.42 Å². The quantitative estimate of drug-likeness (QED) is 0.244. The smallest absolute Gasteiger partial charge is 0.0541 e. The fourth-order valence-electron chi connectivity index (χ4n) is 5.26. The predicted molar refractivity (Wildman–Crippen MR) is 146 cm³/mol. The molecule has 3 aromatic carbocycles. The van der Waals surface area contributed by atoms with Crippen molar-refractivity contribution in [2.24, 2.45) is 0 Å². The first-order chi connectivity index (χ1) is 15.9. The summed E-state index contributed by atoms with van der Waals surface area (Å²) < 4.78 is 2.46. The standard InChI is InChI=1S/C32H41N/c1-7-10-11-24-12-18-30-28(21-24)29-22-26(32(5,6)20-8-2)15-19-31(29)33(30)27-16-13-25(14-17-27)23(4)9-3/h12-19,21-23H,7-11,20H2,1-6H3. The molecule has 1 heteroatoms. The van der Waals surface area contributed by atoms with Crippen molar-refractivity contribution >= 4 is 21.8 Å². The molecule has 0 spiro atoms. The van der Waals surface area contributed by atoms with E-state index >= 15 is 0 Å². The van der Waals surface area contributed by atoms with Crippen molar-refractivity contribution in [3.8, 4) is 5.69 Å². The van der Waals surface area contributed by atoms with E-state index in [-0.39, 0.29) is 5.41 Å². The van der Waals surface area contributed by atoms with E-state index < -0.39 is 0 Å². The van der Waals surface area contributed by atoms with Gasteiger partial charge < -0.3 is 4.57 Å². The lowest BCUT2D eigenvalue weighted by Gasteiger charge is -2.25. The van der Waals surface area contributed by atoms with Crippen molar-refractivity contribution in [1.29, 1.82) is 0 Å². The predicted octanol–water partition coefficient (Wildman–Crippen LogP) is 9.72. The van der Waals surface area contributed by atoms with Crippen LogP contribution in [0.15, 0.2) is 60.7 Å². The number of nitrogens with zero attached hydrogens (tertiary/aromatic N) is 1. The van der Waals surface area contributed by atoms with Crippen LogP contribution >= 0.6 is 0 Å². The fourth-order valence-corrected chi connectivity index (χ4v) is 5.26. The number of aromatic nitrogens is 1. The average molecular weight is 440 g/mol. The second-order valence-electron chi connectivity index (χ2n) is 10.6. The van der Waals surface area contributed by atoms with Crippen LogP contribution in [0.4, 0.5) is 0 Å². The van der Waals surface area contributed by atoms with Crippen molar-refractivity contribution in [3.63, 3.8) is 0 Å². The number of fused-ring (bicyclic) bond motifs is 3. The minimum absolute atomic E-state index is 0.190. The first kappa shape index (κ1) is 23.6. The molecule has 0 saturated heterocycles. The molecule has 0 aliphatic carbocycles. The van der Waals surface area contributed by atoms with Gasteiger partial charge in [-0.15, -0.1) is 0 Å². The third kappa shape index (κ3) is 4.60. The van der Waals surface area contributed by atoms with Gasteiger partial charge in [0.25, 0.3) is 0 Å². The van der Waals surface area contributed by atoms with Crippen LogP contribution in [0.1, 0.15) is 96.3 Å². The van der Waals surface area contributed by atoms with Gasteiger partial charge in [0.1, 0.15) is 0 Å². The third-order valence-electron chi connectivity index (χ3n) is 7.64. The Morgan fingerprint density at radius 3 is 2.09 bits per heavy atom. The summed E-state index contributed by atoms with van der Waals surface area (Å²) in [5.74, 6) is 0.599. The van der Waals surface area contributed by atoms with Gasteiger partial charge in [-0.3, -0.25) is 0 Å². The Bertz CT molecular complexity index is 1220. The molecule has 0 aliphatic rings. The van der Waals surface area contributed by atoms with Crippen molar-refractivity contribution in [3.05, 3.63) is 77.4 Å². The Kier molecular flexibility index (Phi) is 6.98. The summed E-state index contributed by atoms with van der Waals surface area (Å²) in [6.45, 7) is 13.9. The van der Waals surface area contributed by atoms with Crippen LogP contribution in [0.3, 0.4) is 0 Å².